The lowest BCUT2D eigenvalue weighted by atomic mass is 9.93. The van der Waals surface area contributed by atoms with Gasteiger partial charge in [0.15, 0.2) is 0 Å². The van der Waals surface area contributed by atoms with Crippen molar-refractivity contribution in [1.82, 2.24) is 4.90 Å². The molecule has 148 valence electrons. The first kappa shape index (κ1) is 18.8. The average molecular weight is 382 g/mol. The highest BCUT2D eigenvalue weighted by molar-refractivity contribution is 5.94. The van der Waals surface area contributed by atoms with Gasteiger partial charge in [-0.15, -0.1) is 0 Å². The van der Waals surface area contributed by atoms with E-state index in [2.05, 4.69) is 18.7 Å². The SMILES string of the molecule is COc1ccc(C(=O)N2CCC[C@H]3[C@@H]2CC(C)(C)N3c2ccc(F)cc2)cc1. The number of ether oxygens (including phenoxy) is 1. The number of likely N-dealkylation sites (tertiary alicyclic amines) is 1. The number of carbonyl (C=O) groups excluding carboxylic acids is 1. The third-order valence-corrected chi connectivity index (χ3v) is 6.14. The number of anilines is 1. The molecule has 0 bridgehead atoms. The summed E-state index contributed by atoms with van der Waals surface area (Å²) in [5.41, 5.74) is 1.62. The number of rotatable bonds is 3. The fourth-order valence-corrected chi connectivity index (χ4v) is 4.94. The van der Waals surface area contributed by atoms with E-state index in [0.717, 1.165) is 37.2 Å². The molecule has 0 spiro atoms. The Kier molecular flexibility index (Phi) is 4.77. The summed E-state index contributed by atoms with van der Waals surface area (Å²) in [6, 6.07) is 14.5. The van der Waals surface area contributed by atoms with Crippen molar-refractivity contribution in [2.45, 2.75) is 50.7 Å². The topological polar surface area (TPSA) is 32.8 Å². The third kappa shape index (κ3) is 3.23. The van der Waals surface area contributed by atoms with Crippen LogP contribution >= 0.6 is 0 Å². The monoisotopic (exact) mass is 382 g/mol. The van der Waals surface area contributed by atoms with E-state index >= 15 is 0 Å². The summed E-state index contributed by atoms with van der Waals surface area (Å²) in [6.45, 7) is 5.20. The molecule has 2 atom stereocenters. The van der Waals surface area contributed by atoms with Gasteiger partial charge in [0.2, 0.25) is 0 Å². The first-order valence-corrected chi connectivity index (χ1v) is 9.91. The maximum Gasteiger partial charge on any atom is 0.254 e. The second-order valence-corrected chi connectivity index (χ2v) is 8.37. The number of piperidine rings is 1. The van der Waals surface area contributed by atoms with Gasteiger partial charge >= 0.3 is 0 Å². The number of benzene rings is 2. The van der Waals surface area contributed by atoms with Crippen LogP contribution in [0.5, 0.6) is 5.75 Å². The molecule has 28 heavy (non-hydrogen) atoms. The highest BCUT2D eigenvalue weighted by atomic mass is 19.1. The molecule has 0 radical (unpaired) electrons. The van der Waals surface area contributed by atoms with Crippen molar-refractivity contribution in [3.63, 3.8) is 0 Å². The minimum Gasteiger partial charge on any atom is -0.497 e. The summed E-state index contributed by atoms with van der Waals surface area (Å²) in [7, 11) is 1.62. The lowest BCUT2D eigenvalue weighted by Gasteiger charge is -2.42. The molecule has 2 aliphatic heterocycles. The van der Waals surface area contributed by atoms with Crippen LogP contribution < -0.4 is 9.64 Å². The van der Waals surface area contributed by atoms with Gasteiger partial charge in [0, 0.05) is 23.3 Å². The van der Waals surface area contributed by atoms with Crippen molar-refractivity contribution in [2.24, 2.45) is 0 Å². The number of nitrogens with zero attached hydrogens (tertiary/aromatic N) is 2. The first-order chi connectivity index (χ1) is 13.4. The van der Waals surface area contributed by atoms with Crippen molar-refractivity contribution in [3.8, 4) is 5.75 Å². The maximum absolute atomic E-state index is 13.4. The van der Waals surface area contributed by atoms with E-state index < -0.39 is 0 Å². The van der Waals surface area contributed by atoms with Gasteiger partial charge in [0.05, 0.1) is 19.2 Å². The quantitative estimate of drug-likeness (QED) is 0.784. The summed E-state index contributed by atoms with van der Waals surface area (Å²) in [4.78, 5) is 17.7. The highest BCUT2D eigenvalue weighted by Crippen LogP contribution is 2.44. The minimum atomic E-state index is -0.225. The van der Waals surface area contributed by atoms with Crippen LogP contribution in [0.15, 0.2) is 48.5 Å². The summed E-state index contributed by atoms with van der Waals surface area (Å²) < 4.78 is 18.6. The molecule has 0 saturated carbocycles. The fourth-order valence-electron chi connectivity index (χ4n) is 4.94. The van der Waals surface area contributed by atoms with Crippen LogP contribution in [0.1, 0.15) is 43.5 Å². The van der Waals surface area contributed by atoms with E-state index in [1.807, 2.05) is 41.3 Å². The smallest absolute Gasteiger partial charge is 0.254 e. The van der Waals surface area contributed by atoms with E-state index in [-0.39, 0.29) is 29.3 Å². The molecule has 0 N–H and O–H groups in total. The van der Waals surface area contributed by atoms with Crippen LogP contribution in [0.3, 0.4) is 0 Å². The second-order valence-electron chi connectivity index (χ2n) is 8.37. The molecule has 2 fully saturated rings. The van der Waals surface area contributed by atoms with Gasteiger partial charge in [-0.2, -0.15) is 0 Å². The summed E-state index contributed by atoms with van der Waals surface area (Å²) in [5, 5.41) is 0. The third-order valence-electron chi connectivity index (χ3n) is 6.14. The van der Waals surface area contributed by atoms with Crippen molar-refractivity contribution in [2.75, 3.05) is 18.6 Å². The molecule has 0 aliphatic carbocycles. The zero-order valence-electron chi connectivity index (χ0n) is 16.7. The number of fused-ring (bicyclic) bond motifs is 1. The predicted molar refractivity (Wildman–Crippen MR) is 108 cm³/mol. The summed E-state index contributed by atoms with van der Waals surface area (Å²) >= 11 is 0. The normalized spacial score (nSPS) is 23.4. The van der Waals surface area contributed by atoms with Gasteiger partial charge in [-0.25, -0.2) is 4.39 Å². The number of hydrogen-bond donors (Lipinski definition) is 0. The van der Waals surface area contributed by atoms with Crippen LogP contribution in [0, 0.1) is 5.82 Å². The number of carbonyl (C=O) groups is 1. The van der Waals surface area contributed by atoms with Crippen LogP contribution in [0.4, 0.5) is 10.1 Å². The largest absolute Gasteiger partial charge is 0.497 e. The molecule has 5 heteroatoms. The molecular formula is C23H27FN2O2. The van der Waals surface area contributed by atoms with Gasteiger partial charge in [-0.05, 0) is 81.6 Å². The van der Waals surface area contributed by atoms with E-state index in [9.17, 15) is 9.18 Å². The molecule has 1 amide bonds. The lowest BCUT2D eigenvalue weighted by molar-refractivity contribution is 0.0605. The van der Waals surface area contributed by atoms with Crippen molar-refractivity contribution in [3.05, 3.63) is 59.9 Å². The van der Waals surface area contributed by atoms with Gasteiger partial charge in [0.1, 0.15) is 11.6 Å². The van der Waals surface area contributed by atoms with Crippen LogP contribution in [0.25, 0.3) is 0 Å². The molecule has 4 nitrogen and oxygen atoms in total. The Labute approximate surface area is 165 Å². The molecule has 2 aliphatic rings. The Bertz CT molecular complexity index is 848. The molecule has 0 unspecified atom stereocenters. The van der Waals surface area contributed by atoms with E-state index in [1.165, 1.54) is 12.1 Å². The standard InChI is InChI=1S/C23H27FN2O2/c1-23(2)15-21-20(26(23)18-10-8-17(24)9-11-18)5-4-14-25(21)22(27)16-6-12-19(28-3)13-7-16/h6-13,20-21H,4-5,14-15H2,1-3H3/t20-,21-/m0/s1. The van der Waals surface area contributed by atoms with E-state index in [1.54, 1.807) is 7.11 Å². The molecular weight excluding hydrogens is 355 g/mol. The summed E-state index contributed by atoms with van der Waals surface area (Å²) in [6.07, 6.45) is 2.91. The predicted octanol–water partition coefficient (Wildman–Crippen LogP) is 4.50. The number of halogens is 1. The maximum atomic E-state index is 13.4. The first-order valence-electron chi connectivity index (χ1n) is 9.91. The molecule has 2 aromatic rings. The Morgan fingerprint density at radius 3 is 2.39 bits per heavy atom. The van der Waals surface area contributed by atoms with Crippen LogP contribution in [-0.4, -0.2) is 42.1 Å². The Balaban J connectivity index is 1.62. The van der Waals surface area contributed by atoms with E-state index in [0.29, 0.717) is 5.56 Å². The molecule has 4 rings (SSSR count). The van der Waals surface area contributed by atoms with Gasteiger partial charge < -0.3 is 14.5 Å². The Hall–Kier alpha value is -2.56. The number of methoxy groups -OCH3 is 1. The number of hydrogen-bond acceptors (Lipinski definition) is 3. The van der Waals surface area contributed by atoms with Crippen molar-refractivity contribution in [1.29, 1.82) is 0 Å². The van der Waals surface area contributed by atoms with Crippen molar-refractivity contribution >= 4 is 11.6 Å². The average Bonchev–Trinajstić information content (AvgIpc) is 2.98. The van der Waals surface area contributed by atoms with Crippen LogP contribution in [0.2, 0.25) is 0 Å². The molecule has 2 aromatic carbocycles. The zero-order valence-corrected chi connectivity index (χ0v) is 16.7. The fraction of sp³-hybridized carbons (Fsp3) is 0.435. The minimum absolute atomic E-state index is 0.0779. The summed E-state index contributed by atoms with van der Waals surface area (Å²) in [5.74, 6) is 0.601. The Morgan fingerprint density at radius 1 is 1.07 bits per heavy atom. The van der Waals surface area contributed by atoms with Gasteiger partial charge in [-0.1, -0.05) is 0 Å². The Morgan fingerprint density at radius 2 is 1.75 bits per heavy atom. The zero-order chi connectivity index (χ0) is 19.9. The molecule has 2 heterocycles. The lowest BCUT2D eigenvalue weighted by Crippen LogP contribution is -2.52. The van der Waals surface area contributed by atoms with E-state index in [4.69, 9.17) is 4.74 Å². The van der Waals surface area contributed by atoms with Crippen LogP contribution in [-0.2, 0) is 0 Å². The molecule has 2 saturated heterocycles. The number of amides is 1. The highest BCUT2D eigenvalue weighted by Gasteiger charge is 2.50. The van der Waals surface area contributed by atoms with Gasteiger partial charge in [-0.3, -0.25) is 4.79 Å². The second kappa shape index (κ2) is 7.12. The van der Waals surface area contributed by atoms with Gasteiger partial charge in [0.25, 0.3) is 5.91 Å². The molecule has 0 aromatic heterocycles. The van der Waals surface area contributed by atoms with Crippen molar-refractivity contribution < 1.29 is 13.9 Å².